The number of nitrogens with one attached hydrogen (secondary N) is 3. The van der Waals surface area contributed by atoms with Gasteiger partial charge in [-0.2, -0.15) is 0 Å². The first-order chi connectivity index (χ1) is 18.1. The van der Waals surface area contributed by atoms with Crippen LogP contribution in [-0.2, 0) is 12.8 Å². The Balaban J connectivity index is 1.12. The molecule has 0 spiro atoms. The Hall–Kier alpha value is -3.16. The van der Waals surface area contributed by atoms with Crippen LogP contribution in [0, 0.1) is 0 Å². The molecule has 1 aromatic heterocycles. The molecule has 8 heteroatoms. The van der Waals surface area contributed by atoms with Crippen LogP contribution in [0.15, 0.2) is 42.5 Å². The Morgan fingerprint density at radius 3 is 2.22 bits per heavy atom. The molecule has 0 unspecified atom stereocenters. The van der Waals surface area contributed by atoms with Crippen molar-refractivity contribution in [1.29, 1.82) is 0 Å². The number of pyridine rings is 1. The van der Waals surface area contributed by atoms with E-state index in [-0.39, 0.29) is 5.91 Å². The fourth-order valence-electron chi connectivity index (χ4n) is 4.91. The molecule has 37 heavy (non-hydrogen) atoms. The van der Waals surface area contributed by atoms with Crippen molar-refractivity contribution in [2.24, 2.45) is 0 Å². The summed E-state index contributed by atoms with van der Waals surface area (Å²) in [5.74, 6) is -0.756. The van der Waals surface area contributed by atoms with Gasteiger partial charge in [-0.15, -0.1) is 0 Å². The van der Waals surface area contributed by atoms with Crippen molar-refractivity contribution >= 4 is 40.0 Å². The quantitative estimate of drug-likeness (QED) is 0.131. The molecule has 0 atom stereocenters. The lowest BCUT2D eigenvalue weighted by molar-refractivity contribution is 0.0706. The first-order valence-corrected chi connectivity index (χ1v) is 13.6. The van der Waals surface area contributed by atoms with Gasteiger partial charge in [-0.3, -0.25) is 19.8 Å². The van der Waals surface area contributed by atoms with E-state index < -0.39 is 5.91 Å². The van der Waals surface area contributed by atoms with E-state index in [1.807, 2.05) is 12.1 Å². The van der Waals surface area contributed by atoms with Gasteiger partial charge in [-0.1, -0.05) is 37.3 Å². The Morgan fingerprint density at radius 2 is 1.49 bits per heavy atom. The molecule has 4 N–H and O–H groups in total. The molecule has 196 valence electrons. The number of hydrogen-bond acceptors (Lipinski definition) is 5. The zero-order valence-corrected chi connectivity index (χ0v) is 21.9. The highest BCUT2D eigenvalue weighted by Crippen LogP contribution is 2.34. The van der Waals surface area contributed by atoms with Gasteiger partial charge in [-0.25, -0.2) is 5.48 Å². The van der Waals surface area contributed by atoms with Gasteiger partial charge in [0, 0.05) is 46.0 Å². The molecule has 0 fully saturated rings. The summed E-state index contributed by atoms with van der Waals surface area (Å²) >= 11 is 6.22. The number of rotatable bonds is 12. The predicted molar refractivity (Wildman–Crippen MR) is 148 cm³/mol. The number of fused-ring (bicyclic) bond motifs is 2. The molecule has 2 aromatic carbocycles. The number of benzene rings is 2. The van der Waals surface area contributed by atoms with Crippen LogP contribution in [0.3, 0.4) is 0 Å². The van der Waals surface area contributed by atoms with Gasteiger partial charge in [0.25, 0.3) is 11.8 Å². The summed E-state index contributed by atoms with van der Waals surface area (Å²) in [6.07, 6.45) is 11.2. The summed E-state index contributed by atoms with van der Waals surface area (Å²) in [4.78, 5) is 28.5. The van der Waals surface area contributed by atoms with Crippen LogP contribution in [0.4, 0.5) is 5.69 Å². The second-order valence-corrected chi connectivity index (χ2v) is 10.0. The molecule has 7 nitrogen and oxygen atoms in total. The van der Waals surface area contributed by atoms with E-state index in [0.29, 0.717) is 17.7 Å². The molecule has 0 aliphatic heterocycles. The van der Waals surface area contributed by atoms with Crippen molar-refractivity contribution in [3.8, 4) is 0 Å². The van der Waals surface area contributed by atoms with Gasteiger partial charge >= 0.3 is 0 Å². The third-order valence-corrected chi connectivity index (χ3v) is 7.16. The van der Waals surface area contributed by atoms with Crippen LogP contribution in [0.25, 0.3) is 10.9 Å². The maximum Gasteiger partial charge on any atom is 0.274 e. The number of halogens is 1. The van der Waals surface area contributed by atoms with Gasteiger partial charge in [0.15, 0.2) is 0 Å². The maximum absolute atomic E-state index is 12.2. The van der Waals surface area contributed by atoms with Gasteiger partial charge in [0.1, 0.15) is 0 Å². The van der Waals surface area contributed by atoms with Crippen LogP contribution in [-0.4, -0.2) is 35.1 Å². The predicted octanol–water partition coefficient (Wildman–Crippen LogP) is 6.07. The molecule has 1 aliphatic carbocycles. The summed E-state index contributed by atoms with van der Waals surface area (Å²) in [6, 6.07) is 12.2. The van der Waals surface area contributed by atoms with Crippen molar-refractivity contribution in [2.45, 2.75) is 64.2 Å². The monoisotopic (exact) mass is 522 g/mol. The summed E-state index contributed by atoms with van der Waals surface area (Å²) in [5.41, 5.74) is 7.21. The molecular formula is C29H35ClN4O3. The molecule has 1 aliphatic rings. The molecular weight excluding hydrogens is 488 g/mol. The van der Waals surface area contributed by atoms with Gasteiger partial charge in [0.2, 0.25) is 0 Å². The van der Waals surface area contributed by atoms with Crippen LogP contribution in [0.2, 0.25) is 5.02 Å². The number of aryl methyl sites for hydroxylation is 1. The smallest absolute Gasteiger partial charge is 0.274 e. The zero-order chi connectivity index (χ0) is 26.0. The zero-order valence-electron chi connectivity index (χ0n) is 21.1. The van der Waals surface area contributed by atoms with E-state index in [9.17, 15) is 9.59 Å². The van der Waals surface area contributed by atoms with Crippen LogP contribution < -0.4 is 16.1 Å². The largest absolute Gasteiger partial charge is 0.384 e. The molecule has 0 saturated carbocycles. The minimum absolute atomic E-state index is 0.157. The number of aromatic nitrogens is 1. The first-order valence-electron chi connectivity index (χ1n) is 13.2. The van der Waals surface area contributed by atoms with Gasteiger partial charge < -0.3 is 10.6 Å². The number of unbranched alkanes of at least 4 members (excludes halogenated alkanes) is 5. The lowest BCUT2D eigenvalue weighted by atomic mass is 9.92. The van der Waals surface area contributed by atoms with Gasteiger partial charge in [-0.05, 0) is 86.6 Å². The van der Waals surface area contributed by atoms with Crippen molar-refractivity contribution in [3.63, 3.8) is 0 Å². The summed E-state index contributed by atoms with van der Waals surface area (Å²) < 4.78 is 0. The second kappa shape index (κ2) is 13.4. The van der Waals surface area contributed by atoms with E-state index in [1.165, 1.54) is 60.1 Å². The fraction of sp³-hybridized carbons (Fsp3) is 0.414. The third-order valence-electron chi connectivity index (χ3n) is 6.93. The van der Waals surface area contributed by atoms with Gasteiger partial charge in [0.05, 0.1) is 5.52 Å². The second-order valence-electron chi connectivity index (χ2n) is 9.60. The van der Waals surface area contributed by atoms with E-state index in [0.717, 1.165) is 55.6 Å². The lowest BCUT2D eigenvalue weighted by Gasteiger charge is -2.22. The number of nitrogens with zero attached hydrogens (tertiary/aromatic N) is 1. The summed E-state index contributed by atoms with van der Waals surface area (Å²) in [5, 5.41) is 17.2. The summed E-state index contributed by atoms with van der Waals surface area (Å²) in [7, 11) is 0. The van der Waals surface area contributed by atoms with Crippen molar-refractivity contribution in [2.75, 3.05) is 18.4 Å². The number of carbonyl (C=O) groups is 2. The Labute approximate surface area is 223 Å². The highest BCUT2D eigenvalue weighted by atomic mass is 35.5. The van der Waals surface area contributed by atoms with E-state index in [4.69, 9.17) is 21.8 Å². The average molecular weight is 523 g/mol. The Morgan fingerprint density at radius 1 is 0.838 bits per heavy atom. The van der Waals surface area contributed by atoms with Crippen LogP contribution >= 0.6 is 11.6 Å². The third kappa shape index (κ3) is 7.21. The number of hydrogen-bond donors (Lipinski definition) is 4. The minimum atomic E-state index is -0.599. The molecule has 1 heterocycles. The number of hydroxylamine groups is 1. The number of anilines is 1. The highest BCUT2D eigenvalue weighted by molar-refractivity contribution is 6.31. The molecule has 0 bridgehead atoms. The van der Waals surface area contributed by atoms with Crippen molar-refractivity contribution in [3.05, 3.63) is 69.9 Å². The number of amides is 2. The van der Waals surface area contributed by atoms with E-state index in [1.54, 1.807) is 17.6 Å². The standard InChI is InChI=1S/C29H35ClN4O3/c30-22-15-16-24-26(19-22)33-25-10-6-5-9-23(25)27(24)31-17-7-3-1-2-4-8-18-32-28(35)20-11-13-21(14-12-20)29(36)34-37/h11-16,19,37H,1-10,17-18H2,(H,31,33)(H,32,35)(H,34,36). The SMILES string of the molecule is O=C(NO)c1ccc(C(=O)NCCCCCCCCNc2c3c(nc4cc(Cl)ccc24)CCCC3)cc1. The summed E-state index contributed by atoms with van der Waals surface area (Å²) in [6.45, 7) is 1.58. The molecule has 0 radical (unpaired) electrons. The average Bonchev–Trinajstić information content (AvgIpc) is 2.92. The molecule has 0 saturated heterocycles. The molecule has 2 amide bonds. The maximum atomic E-state index is 12.2. The fourth-order valence-corrected chi connectivity index (χ4v) is 5.08. The number of carbonyl (C=O) groups excluding carboxylic acids is 2. The Bertz CT molecular complexity index is 1230. The topological polar surface area (TPSA) is 103 Å². The lowest BCUT2D eigenvalue weighted by Crippen LogP contribution is -2.24. The van der Waals surface area contributed by atoms with E-state index in [2.05, 4.69) is 16.7 Å². The van der Waals surface area contributed by atoms with E-state index >= 15 is 0 Å². The van der Waals surface area contributed by atoms with Crippen molar-refractivity contribution < 1.29 is 14.8 Å². The first kappa shape index (κ1) is 26.9. The molecule has 3 aromatic rings. The van der Waals surface area contributed by atoms with Crippen LogP contribution in [0.5, 0.6) is 0 Å². The van der Waals surface area contributed by atoms with Crippen molar-refractivity contribution in [1.82, 2.24) is 15.8 Å². The molecule has 4 rings (SSSR count). The highest BCUT2D eigenvalue weighted by Gasteiger charge is 2.18. The minimum Gasteiger partial charge on any atom is -0.384 e. The normalized spacial score (nSPS) is 12.7. The Kier molecular flexibility index (Phi) is 9.74. The van der Waals surface area contributed by atoms with Crippen LogP contribution in [0.1, 0.15) is 83.3 Å².